The molecule has 2 aromatic rings. The number of carboxylic acid groups (broad SMARTS) is 1. The zero-order valence-corrected chi connectivity index (χ0v) is 18.6. The number of carbonyl (C=O) groups excluding carboxylic acids is 1. The van der Waals surface area contributed by atoms with Crippen LogP contribution in [0.2, 0.25) is 0 Å². The van der Waals surface area contributed by atoms with Gasteiger partial charge in [0.2, 0.25) is 5.91 Å². The van der Waals surface area contributed by atoms with Crippen molar-refractivity contribution < 1.29 is 19.4 Å². The van der Waals surface area contributed by atoms with Gasteiger partial charge < -0.3 is 15.2 Å². The van der Waals surface area contributed by atoms with Gasteiger partial charge in [0.05, 0.1) is 11.8 Å². The van der Waals surface area contributed by atoms with Gasteiger partial charge >= 0.3 is 5.97 Å². The number of carboxylic acids is 1. The Hall–Kier alpha value is -3.08. The second-order valence-electron chi connectivity index (χ2n) is 10.4. The first-order chi connectivity index (χ1) is 15.2. The topological polar surface area (TPSA) is 75.6 Å². The summed E-state index contributed by atoms with van der Waals surface area (Å²) in [5.74, 6) is 0.156. The smallest absolute Gasteiger partial charge is 0.307 e. The number of nitrogens with one attached hydrogen (secondary N) is 1. The molecule has 0 aromatic heterocycles. The summed E-state index contributed by atoms with van der Waals surface area (Å²) in [6, 6.07) is 15.3. The highest BCUT2D eigenvalue weighted by molar-refractivity contribution is 5.96. The first-order valence-corrected chi connectivity index (χ1v) is 11.3. The van der Waals surface area contributed by atoms with Crippen LogP contribution in [0.1, 0.15) is 32.8 Å². The lowest BCUT2D eigenvalue weighted by Crippen LogP contribution is -2.48. The summed E-state index contributed by atoms with van der Waals surface area (Å²) in [6.07, 6.45) is 5.14. The van der Waals surface area contributed by atoms with Crippen LogP contribution in [0.4, 0.5) is 5.69 Å². The number of fused-ring (bicyclic) bond motifs is 1. The van der Waals surface area contributed by atoms with E-state index in [-0.39, 0.29) is 23.2 Å². The standard InChI is InChI=1S/C27H29NO4/c1-27(2,3)15-4-8-17(9-5-15)32-18-10-6-16(7-11-18)28-25(29)23-19-12-13-20(22-14-21(19)22)24(23)26(30)31/h4-13,19-24H,14H2,1-3H3,(H,28,29)(H,30,31)/t19-,20-,21+,22-,23+,24+/m0/s1. The minimum absolute atomic E-state index is 0.0151. The highest BCUT2D eigenvalue weighted by Gasteiger charge is 2.62. The fraction of sp³-hybridized carbons (Fsp3) is 0.407. The van der Waals surface area contributed by atoms with Crippen LogP contribution >= 0.6 is 0 Å². The highest BCUT2D eigenvalue weighted by Crippen LogP contribution is 2.63. The molecule has 0 spiro atoms. The third kappa shape index (κ3) is 3.70. The van der Waals surface area contributed by atoms with Gasteiger partial charge in [-0.15, -0.1) is 0 Å². The van der Waals surface area contributed by atoms with E-state index in [4.69, 9.17) is 4.74 Å². The number of carbonyl (C=O) groups is 2. The van der Waals surface area contributed by atoms with Crippen LogP contribution in [0.25, 0.3) is 0 Å². The molecule has 2 bridgehead atoms. The fourth-order valence-corrected chi connectivity index (χ4v) is 5.56. The normalized spacial score (nSPS) is 29.8. The summed E-state index contributed by atoms with van der Waals surface area (Å²) in [6.45, 7) is 6.52. The zero-order chi connectivity index (χ0) is 22.6. The Balaban J connectivity index is 1.25. The Labute approximate surface area is 188 Å². The molecule has 32 heavy (non-hydrogen) atoms. The Bertz CT molecular complexity index is 1060. The van der Waals surface area contributed by atoms with Gasteiger partial charge in [-0.3, -0.25) is 9.59 Å². The third-order valence-corrected chi connectivity index (χ3v) is 7.32. The minimum Gasteiger partial charge on any atom is -0.481 e. The number of amides is 1. The molecule has 4 aliphatic rings. The van der Waals surface area contributed by atoms with Crippen molar-refractivity contribution in [1.29, 1.82) is 0 Å². The average Bonchev–Trinajstić information content (AvgIpc) is 3.57. The van der Waals surface area contributed by atoms with Crippen molar-refractivity contribution in [3.05, 3.63) is 66.2 Å². The first-order valence-electron chi connectivity index (χ1n) is 11.3. The summed E-state index contributed by atoms with van der Waals surface area (Å²) in [4.78, 5) is 25.0. The van der Waals surface area contributed by atoms with E-state index in [9.17, 15) is 14.7 Å². The van der Waals surface area contributed by atoms with Gasteiger partial charge in [-0.25, -0.2) is 0 Å². The second-order valence-corrected chi connectivity index (χ2v) is 10.4. The number of hydrogen-bond donors (Lipinski definition) is 2. The fourth-order valence-electron chi connectivity index (χ4n) is 5.56. The van der Waals surface area contributed by atoms with E-state index in [2.05, 4.69) is 44.3 Å². The molecule has 0 radical (unpaired) electrons. The molecule has 1 amide bonds. The predicted octanol–water partition coefficient (Wildman–Crippen LogP) is 5.48. The summed E-state index contributed by atoms with van der Waals surface area (Å²) >= 11 is 0. The van der Waals surface area contributed by atoms with E-state index in [1.807, 2.05) is 30.3 Å². The Morgan fingerprint density at radius 1 is 0.875 bits per heavy atom. The number of anilines is 1. The van der Waals surface area contributed by atoms with Gasteiger partial charge in [-0.1, -0.05) is 45.1 Å². The van der Waals surface area contributed by atoms with E-state index in [1.165, 1.54) is 5.56 Å². The second kappa shape index (κ2) is 7.51. The van der Waals surface area contributed by atoms with Gasteiger partial charge in [0.25, 0.3) is 0 Å². The van der Waals surface area contributed by atoms with E-state index < -0.39 is 17.8 Å². The van der Waals surface area contributed by atoms with Gasteiger partial charge in [0, 0.05) is 5.69 Å². The molecule has 5 nitrogen and oxygen atoms in total. The number of rotatable bonds is 5. The molecule has 4 aliphatic carbocycles. The molecule has 5 heteroatoms. The Morgan fingerprint density at radius 2 is 1.41 bits per heavy atom. The third-order valence-electron chi connectivity index (χ3n) is 7.32. The van der Waals surface area contributed by atoms with Crippen molar-refractivity contribution in [3.63, 3.8) is 0 Å². The first kappa shape index (κ1) is 20.8. The molecule has 0 aliphatic heterocycles. The van der Waals surface area contributed by atoms with Crippen LogP contribution in [-0.2, 0) is 15.0 Å². The maximum Gasteiger partial charge on any atom is 0.307 e. The van der Waals surface area contributed by atoms with Gasteiger partial charge in [0.1, 0.15) is 11.5 Å². The van der Waals surface area contributed by atoms with Gasteiger partial charge in [-0.05, 0) is 77.5 Å². The predicted molar refractivity (Wildman–Crippen MR) is 123 cm³/mol. The Kier molecular flexibility index (Phi) is 4.88. The lowest BCUT2D eigenvalue weighted by atomic mass is 9.62. The van der Waals surface area contributed by atoms with Gasteiger partial charge in [-0.2, -0.15) is 0 Å². The maximum absolute atomic E-state index is 13.1. The quantitative estimate of drug-likeness (QED) is 0.615. The summed E-state index contributed by atoms with van der Waals surface area (Å²) < 4.78 is 5.93. The lowest BCUT2D eigenvalue weighted by molar-refractivity contribution is -0.152. The van der Waals surface area contributed by atoms with E-state index in [0.29, 0.717) is 23.3 Å². The molecular weight excluding hydrogens is 402 g/mol. The van der Waals surface area contributed by atoms with Crippen molar-refractivity contribution in [2.75, 3.05) is 5.32 Å². The summed E-state index contributed by atoms with van der Waals surface area (Å²) in [5, 5.41) is 12.7. The molecule has 6 rings (SSSR count). The Morgan fingerprint density at radius 3 is 1.94 bits per heavy atom. The average molecular weight is 432 g/mol. The van der Waals surface area contributed by atoms with E-state index in [0.717, 1.165) is 12.2 Å². The van der Waals surface area contributed by atoms with Crippen LogP contribution in [0.15, 0.2) is 60.7 Å². The molecule has 0 unspecified atom stereocenters. The number of allylic oxidation sites excluding steroid dienone is 2. The number of ether oxygens (including phenoxy) is 1. The van der Waals surface area contributed by atoms with Crippen molar-refractivity contribution in [2.45, 2.75) is 32.6 Å². The maximum atomic E-state index is 13.1. The molecule has 0 saturated heterocycles. The highest BCUT2D eigenvalue weighted by atomic mass is 16.5. The molecule has 2 aromatic carbocycles. The number of hydrogen-bond acceptors (Lipinski definition) is 3. The van der Waals surface area contributed by atoms with Crippen molar-refractivity contribution in [2.24, 2.45) is 35.5 Å². The van der Waals surface area contributed by atoms with Crippen molar-refractivity contribution in [1.82, 2.24) is 0 Å². The molecular formula is C27H29NO4. The van der Waals surface area contributed by atoms with E-state index >= 15 is 0 Å². The molecule has 6 atom stereocenters. The van der Waals surface area contributed by atoms with Crippen LogP contribution < -0.4 is 10.1 Å². The van der Waals surface area contributed by atoms with E-state index in [1.54, 1.807) is 12.1 Å². The number of aliphatic carboxylic acids is 1. The summed E-state index contributed by atoms with van der Waals surface area (Å²) in [7, 11) is 0. The molecule has 2 fully saturated rings. The van der Waals surface area contributed by atoms with Crippen LogP contribution in [0, 0.1) is 35.5 Å². The van der Waals surface area contributed by atoms with Crippen LogP contribution in [-0.4, -0.2) is 17.0 Å². The molecule has 166 valence electrons. The minimum atomic E-state index is -0.865. The van der Waals surface area contributed by atoms with Crippen molar-refractivity contribution >= 4 is 17.6 Å². The summed E-state index contributed by atoms with van der Waals surface area (Å²) in [5.41, 5.74) is 1.98. The van der Waals surface area contributed by atoms with Crippen LogP contribution in [0.5, 0.6) is 11.5 Å². The zero-order valence-electron chi connectivity index (χ0n) is 18.6. The largest absolute Gasteiger partial charge is 0.481 e. The molecule has 2 N–H and O–H groups in total. The molecule has 0 heterocycles. The number of benzene rings is 2. The lowest BCUT2D eigenvalue weighted by Gasteiger charge is -2.41. The molecule has 2 saturated carbocycles. The SMILES string of the molecule is CC(C)(C)c1ccc(Oc2ccc(NC(=O)[C@@H]3[C@H]4C=C[C@@H]([C@@H]5C[C@H]45)[C@H]3C(=O)O)cc2)cc1. The van der Waals surface area contributed by atoms with Gasteiger partial charge in [0.15, 0.2) is 0 Å². The van der Waals surface area contributed by atoms with Crippen LogP contribution in [0.3, 0.4) is 0 Å². The monoisotopic (exact) mass is 431 g/mol. The van der Waals surface area contributed by atoms with Crippen molar-refractivity contribution in [3.8, 4) is 11.5 Å².